The van der Waals surface area contributed by atoms with Crippen LogP contribution in [0.15, 0.2) is 48.0 Å². The maximum absolute atomic E-state index is 13.4. The van der Waals surface area contributed by atoms with Crippen molar-refractivity contribution in [3.8, 4) is 0 Å². The van der Waals surface area contributed by atoms with Gasteiger partial charge in [-0.15, -0.1) is 0 Å². The van der Waals surface area contributed by atoms with E-state index >= 15 is 0 Å². The van der Waals surface area contributed by atoms with E-state index in [1.807, 2.05) is 0 Å². The van der Waals surface area contributed by atoms with Gasteiger partial charge in [-0.05, 0) is 67.8 Å². The fourth-order valence-corrected chi connectivity index (χ4v) is 3.52. The number of rotatable bonds is 3. The Morgan fingerprint density at radius 2 is 1.23 bits per heavy atom. The number of ketones is 1. The molecule has 0 aliphatic carbocycles. The summed E-state index contributed by atoms with van der Waals surface area (Å²) in [5, 5.41) is 3.13. The summed E-state index contributed by atoms with van der Waals surface area (Å²) < 4.78 is 80.1. The lowest BCUT2D eigenvalue weighted by Gasteiger charge is -2.23. The van der Waals surface area contributed by atoms with Gasteiger partial charge < -0.3 is 5.32 Å². The maximum Gasteiger partial charge on any atom is 0.416 e. The highest BCUT2D eigenvalue weighted by Crippen LogP contribution is 2.40. The predicted molar refractivity (Wildman–Crippen MR) is 101 cm³/mol. The summed E-state index contributed by atoms with van der Waals surface area (Å²) in [6, 6.07) is 7.84. The standard InChI is InChI=1S/C22H19F6NO/c1-13(30)14-2-4-15(5-3-14)20(16-6-8-29-9-7-16)17-10-18(21(23,24)25)12-19(11-17)22(26,27)28/h2-5,10-12,29H,6-9H2,1H3. The van der Waals surface area contributed by atoms with Crippen LogP contribution in [0.3, 0.4) is 0 Å². The molecule has 8 heteroatoms. The lowest BCUT2D eigenvalue weighted by atomic mass is 9.86. The van der Waals surface area contributed by atoms with E-state index in [0.29, 0.717) is 42.6 Å². The van der Waals surface area contributed by atoms with Crippen LogP contribution in [0.4, 0.5) is 26.3 Å². The zero-order valence-corrected chi connectivity index (χ0v) is 16.0. The Morgan fingerprint density at radius 1 is 0.767 bits per heavy atom. The predicted octanol–water partition coefficient (Wildman–Crippen LogP) is 6.11. The van der Waals surface area contributed by atoms with E-state index in [2.05, 4.69) is 5.32 Å². The first-order chi connectivity index (χ1) is 14.0. The lowest BCUT2D eigenvalue weighted by molar-refractivity contribution is -0.143. The van der Waals surface area contributed by atoms with Crippen LogP contribution >= 0.6 is 0 Å². The summed E-state index contributed by atoms with van der Waals surface area (Å²) in [5.41, 5.74) is -0.818. The Hall–Kier alpha value is -2.61. The van der Waals surface area contributed by atoms with E-state index in [4.69, 9.17) is 0 Å². The first-order valence-electron chi connectivity index (χ1n) is 9.31. The highest BCUT2D eigenvalue weighted by molar-refractivity contribution is 5.94. The molecular weight excluding hydrogens is 408 g/mol. The van der Waals surface area contributed by atoms with E-state index in [0.717, 1.165) is 17.7 Å². The quantitative estimate of drug-likeness (QED) is 0.473. The average molecular weight is 427 g/mol. The zero-order valence-electron chi connectivity index (χ0n) is 16.0. The molecule has 0 spiro atoms. The molecule has 1 aliphatic rings. The summed E-state index contributed by atoms with van der Waals surface area (Å²) in [6.07, 6.45) is -8.83. The van der Waals surface area contributed by atoms with Gasteiger partial charge in [0.15, 0.2) is 5.78 Å². The molecule has 2 aromatic rings. The highest BCUT2D eigenvalue weighted by atomic mass is 19.4. The van der Waals surface area contributed by atoms with Crippen molar-refractivity contribution in [3.05, 3.63) is 75.9 Å². The van der Waals surface area contributed by atoms with Gasteiger partial charge >= 0.3 is 12.4 Å². The topological polar surface area (TPSA) is 29.1 Å². The molecule has 0 saturated carbocycles. The minimum atomic E-state index is -4.92. The van der Waals surface area contributed by atoms with Gasteiger partial charge in [-0.2, -0.15) is 26.3 Å². The second-order valence-electron chi connectivity index (χ2n) is 7.16. The van der Waals surface area contributed by atoms with Crippen molar-refractivity contribution < 1.29 is 31.1 Å². The highest BCUT2D eigenvalue weighted by Gasteiger charge is 2.37. The van der Waals surface area contributed by atoms with Crippen molar-refractivity contribution in [1.82, 2.24) is 5.32 Å². The van der Waals surface area contributed by atoms with Gasteiger partial charge in [0.25, 0.3) is 0 Å². The molecule has 1 aliphatic heterocycles. The van der Waals surface area contributed by atoms with Crippen molar-refractivity contribution in [2.24, 2.45) is 0 Å². The third-order valence-electron chi connectivity index (χ3n) is 5.02. The van der Waals surface area contributed by atoms with Gasteiger partial charge in [0.1, 0.15) is 0 Å². The van der Waals surface area contributed by atoms with Gasteiger partial charge in [-0.25, -0.2) is 0 Å². The Morgan fingerprint density at radius 3 is 1.67 bits per heavy atom. The van der Waals surface area contributed by atoms with Crippen molar-refractivity contribution in [3.63, 3.8) is 0 Å². The smallest absolute Gasteiger partial charge is 0.316 e. The van der Waals surface area contributed by atoms with Crippen LogP contribution in [-0.4, -0.2) is 18.9 Å². The molecule has 0 unspecified atom stereocenters. The molecule has 1 heterocycles. The van der Waals surface area contributed by atoms with Gasteiger partial charge in [0.05, 0.1) is 11.1 Å². The van der Waals surface area contributed by atoms with Gasteiger partial charge in [0.2, 0.25) is 0 Å². The first kappa shape index (κ1) is 22.1. The normalized spacial score (nSPS) is 15.2. The van der Waals surface area contributed by atoms with Crippen molar-refractivity contribution >= 4 is 11.4 Å². The molecule has 160 valence electrons. The number of piperidine rings is 1. The number of carbonyl (C=O) groups is 1. The third-order valence-corrected chi connectivity index (χ3v) is 5.02. The number of hydrogen-bond acceptors (Lipinski definition) is 2. The molecule has 1 saturated heterocycles. The van der Waals surface area contributed by atoms with Crippen molar-refractivity contribution in [2.75, 3.05) is 13.1 Å². The largest absolute Gasteiger partial charge is 0.416 e. The van der Waals surface area contributed by atoms with Crippen LogP contribution in [0.1, 0.15) is 52.4 Å². The number of hydrogen-bond donors (Lipinski definition) is 1. The SMILES string of the molecule is CC(=O)c1ccc(C(=C2CCNCC2)c2cc(C(F)(F)F)cc(C(F)(F)F)c2)cc1. The average Bonchev–Trinajstić information content (AvgIpc) is 2.68. The van der Waals surface area contributed by atoms with E-state index in [1.54, 1.807) is 12.1 Å². The molecule has 0 aromatic heterocycles. The van der Waals surface area contributed by atoms with Crippen LogP contribution in [0.2, 0.25) is 0 Å². The number of benzene rings is 2. The molecule has 0 atom stereocenters. The molecule has 2 nitrogen and oxygen atoms in total. The van der Waals surface area contributed by atoms with Crippen LogP contribution < -0.4 is 5.32 Å². The second-order valence-corrected chi connectivity index (χ2v) is 7.16. The van der Waals surface area contributed by atoms with E-state index in [9.17, 15) is 31.1 Å². The Bertz CT molecular complexity index is 930. The number of nitrogens with one attached hydrogen (secondary N) is 1. The van der Waals surface area contributed by atoms with Gasteiger partial charge in [0, 0.05) is 5.56 Å². The molecule has 3 rings (SSSR count). The molecule has 2 aromatic carbocycles. The third kappa shape index (κ3) is 4.92. The van der Waals surface area contributed by atoms with Crippen LogP contribution in [-0.2, 0) is 12.4 Å². The van der Waals surface area contributed by atoms with Crippen molar-refractivity contribution in [2.45, 2.75) is 32.1 Å². The molecular formula is C22H19F6NO. The summed E-state index contributed by atoms with van der Waals surface area (Å²) in [7, 11) is 0. The molecule has 0 bridgehead atoms. The monoisotopic (exact) mass is 427 g/mol. The summed E-state index contributed by atoms with van der Waals surface area (Å²) in [4.78, 5) is 11.5. The number of Topliss-reactive ketones (excluding diaryl/α,β-unsaturated/α-hetero) is 1. The van der Waals surface area contributed by atoms with E-state index in [1.165, 1.54) is 19.1 Å². The molecule has 1 N–H and O–H groups in total. The van der Waals surface area contributed by atoms with Crippen LogP contribution in [0.25, 0.3) is 5.57 Å². The number of alkyl halides is 6. The van der Waals surface area contributed by atoms with E-state index < -0.39 is 23.5 Å². The molecule has 0 amide bonds. The minimum Gasteiger partial charge on any atom is -0.316 e. The Balaban J connectivity index is 2.25. The summed E-state index contributed by atoms with van der Waals surface area (Å²) in [5.74, 6) is -0.184. The fourth-order valence-electron chi connectivity index (χ4n) is 3.52. The van der Waals surface area contributed by atoms with E-state index in [-0.39, 0.29) is 17.4 Å². The lowest BCUT2D eigenvalue weighted by Crippen LogP contribution is -2.24. The summed E-state index contributed by atoms with van der Waals surface area (Å²) in [6.45, 7) is 2.54. The van der Waals surface area contributed by atoms with Gasteiger partial charge in [-0.1, -0.05) is 29.8 Å². The zero-order chi connectivity index (χ0) is 22.1. The Kier molecular flexibility index (Phi) is 6.08. The second kappa shape index (κ2) is 8.26. The number of halogens is 6. The number of carbonyl (C=O) groups excluding carboxylic acids is 1. The molecule has 0 radical (unpaired) electrons. The first-order valence-corrected chi connectivity index (χ1v) is 9.31. The maximum atomic E-state index is 13.4. The van der Waals surface area contributed by atoms with Crippen LogP contribution in [0.5, 0.6) is 0 Å². The Labute approximate surface area is 169 Å². The summed E-state index contributed by atoms with van der Waals surface area (Å²) >= 11 is 0. The van der Waals surface area contributed by atoms with Crippen molar-refractivity contribution in [1.29, 1.82) is 0 Å². The molecule has 1 fully saturated rings. The fraction of sp³-hybridized carbons (Fsp3) is 0.318. The van der Waals surface area contributed by atoms with Gasteiger partial charge in [-0.3, -0.25) is 4.79 Å². The minimum absolute atomic E-state index is 0.132. The molecule has 30 heavy (non-hydrogen) atoms. The van der Waals surface area contributed by atoms with Crippen LogP contribution in [0, 0.1) is 0 Å².